The van der Waals surface area contributed by atoms with Crippen LogP contribution in [0.3, 0.4) is 0 Å². The number of hydrogen-bond donors (Lipinski definition) is 2. The normalized spacial score (nSPS) is 28.6. The SMILES string of the molecule is C[C@@H]1[C@@H]2[C@H](N(CCN3CC[C@@H](O)C3)C(=O)Nc3ccc(F)c(C(F)(F)F)c3)CC[C@@]21c1ccc(C#N)cc1. The number of hydrogen-bond acceptors (Lipinski definition) is 4. The Kier molecular flexibility index (Phi) is 6.86. The van der Waals surface area contributed by atoms with Crippen LogP contribution < -0.4 is 5.32 Å². The lowest BCUT2D eigenvalue weighted by atomic mass is 9.90. The number of likely N-dealkylation sites (tertiary alicyclic amines) is 1. The zero-order valence-corrected chi connectivity index (χ0v) is 21.0. The first-order valence-corrected chi connectivity index (χ1v) is 12.9. The molecule has 10 heteroatoms. The molecule has 0 radical (unpaired) electrons. The molecule has 1 saturated heterocycles. The van der Waals surface area contributed by atoms with Gasteiger partial charge in [-0.15, -0.1) is 0 Å². The fourth-order valence-corrected chi connectivity index (χ4v) is 6.81. The van der Waals surface area contributed by atoms with Crippen molar-refractivity contribution in [1.29, 1.82) is 5.26 Å². The van der Waals surface area contributed by atoms with E-state index in [4.69, 9.17) is 5.26 Å². The van der Waals surface area contributed by atoms with Crippen molar-refractivity contribution >= 4 is 11.7 Å². The zero-order chi connectivity index (χ0) is 27.2. The highest BCUT2D eigenvalue weighted by molar-refractivity contribution is 5.90. The summed E-state index contributed by atoms with van der Waals surface area (Å²) < 4.78 is 53.5. The number of alkyl halides is 3. The number of carbonyl (C=O) groups excluding carboxylic acids is 1. The highest BCUT2D eigenvalue weighted by Crippen LogP contribution is 2.69. The summed E-state index contributed by atoms with van der Waals surface area (Å²) in [6, 6.07) is 11.5. The second-order valence-electron chi connectivity index (χ2n) is 10.7. The topological polar surface area (TPSA) is 79.6 Å². The summed E-state index contributed by atoms with van der Waals surface area (Å²) in [5.41, 5.74) is 0.0547. The molecule has 5 rings (SSSR count). The molecule has 2 amide bonds. The summed E-state index contributed by atoms with van der Waals surface area (Å²) in [5, 5.41) is 21.6. The van der Waals surface area contributed by atoms with Gasteiger partial charge in [0.1, 0.15) is 5.82 Å². The van der Waals surface area contributed by atoms with Crippen LogP contribution in [0.4, 0.5) is 28.0 Å². The lowest BCUT2D eigenvalue weighted by molar-refractivity contribution is -0.139. The van der Waals surface area contributed by atoms with Crippen molar-refractivity contribution < 1.29 is 27.5 Å². The van der Waals surface area contributed by atoms with Crippen LogP contribution in [-0.4, -0.2) is 59.3 Å². The van der Waals surface area contributed by atoms with Crippen molar-refractivity contribution in [2.75, 3.05) is 31.5 Å². The van der Waals surface area contributed by atoms with Crippen LogP contribution in [-0.2, 0) is 11.6 Å². The highest BCUT2D eigenvalue weighted by atomic mass is 19.4. The summed E-state index contributed by atoms with van der Waals surface area (Å²) in [6.45, 7) is 4.26. The predicted octanol–water partition coefficient (Wildman–Crippen LogP) is 4.98. The summed E-state index contributed by atoms with van der Waals surface area (Å²) >= 11 is 0. The number of fused-ring (bicyclic) bond motifs is 1. The number of aliphatic hydroxyl groups excluding tert-OH is 1. The van der Waals surface area contributed by atoms with Gasteiger partial charge < -0.3 is 15.3 Å². The Morgan fingerprint density at radius 3 is 2.58 bits per heavy atom. The smallest absolute Gasteiger partial charge is 0.392 e. The maximum Gasteiger partial charge on any atom is 0.419 e. The number of anilines is 1. The Bertz CT molecular complexity index is 1240. The van der Waals surface area contributed by atoms with Gasteiger partial charge in [-0.3, -0.25) is 4.90 Å². The lowest BCUT2D eigenvalue weighted by Crippen LogP contribution is -2.47. The van der Waals surface area contributed by atoms with Crippen molar-refractivity contribution in [2.24, 2.45) is 11.8 Å². The lowest BCUT2D eigenvalue weighted by Gasteiger charge is -2.32. The Labute approximate surface area is 218 Å². The van der Waals surface area contributed by atoms with Gasteiger partial charge in [-0.2, -0.15) is 18.4 Å². The first-order valence-electron chi connectivity index (χ1n) is 12.9. The van der Waals surface area contributed by atoms with Crippen molar-refractivity contribution in [1.82, 2.24) is 9.80 Å². The molecule has 38 heavy (non-hydrogen) atoms. The number of halogens is 4. The van der Waals surface area contributed by atoms with Crippen LogP contribution in [0.1, 0.15) is 42.9 Å². The largest absolute Gasteiger partial charge is 0.419 e. The van der Waals surface area contributed by atoms with Gasteiger partial charge in [0.05, 0.1) is 23.3 Å². The van der Waals surface area contributed by atoms with Crippen LogP contribution in [0.15, 0.2) is 42.5 Å². The van der Waals surface area contributed by atoms with Crippen LogP contribution in [0.5, 0.6) is 0 Å². The van der Waals surface area contributed by atoms with Gasteiger partial charge in [0.25, 0.3) is 0 Å². The van der Waals surface area contributed by atoms with E-state index in [9.17, 15) is 27.5 Å². The van der Waals surface area contributed by atoms with Crippen molar-refractivity contribution in [3.63, 3.8) is 0 Å². The van der Waals surface area contributed by atoms with Gasteiger partial charge in [0.2, 0.25) is 0 Å². The third-order valence-corrected chi connectivity index (χ3v) is 8.75. The number of nitrogens with zero attached hydrogens (tertiary/aromatic N) is 3. The maximum absolute atomic E-state index is 13.8. The van der Waals surface area contributed by atoms with E-state index in [-0.39, 0.29) is 23.1 Å². The molecule has 2 aromatic carbocycles. The summed E-state index contributed by atoms with van der Waals surface area (Å²) in [6.07, 6.45) is -3.03. The van der Waals surface area contributed by atoms with E-state index in [1.54, 1.807) is 17.0 Å². The molecule has 6 nitrogen and oxygen atoms in total. The molecular weight excluding hydrogens is 500 g/mol. The Balaban J connectivity index is 1.38. The van der Waals surface area contributed by atoms with Gasteiger partial charge >= 0.3 is 12.2 Å². The molecule has 1 heterocycles. The fraction of sp³-hybridized carbons (Fsp3) is 0.500. The number of nitriles is 1. The third-order valence-electron chi connectivity index (χ3n) is 8.75. The minimum atomic E-state index is -4.88. The minimum absolute atomic E-state index is 0.111. The quantitative estimate of drug-likeness (QED) is 0.517. The molecular formula is C28H30F4N4O2. The van der Waals surface area contributed by atoms with Gasteiger partial charge in [-0.25, -0.2) is 9.18 Å². The first kappa shape index (κ1) is 26.4. The standard InChI is InChI=1S/C28H30F4N4O2/c1-17-25-24(8-10-27(17,25)19-4-2-18(15-33)3-5-19)36(13-12-35-11-9-21(37)16-35)26(38)34-20-6-7-23(29)22(14-20)28(30,31)32/h2-7,14,17,21,24-25,37H,8-13,16H2,1H3,(H,34,38)/t17-,21-,24-,25-,27-/m1/s1. The molecule has 2 saturated carbocycles. The zero-order valence-electron chi connectivity index (χ0n) is 21.0. The molecule has 1 aliphatic heterocycles. The molecule has 0 aromatic heterocycles. The van der Waals surface area contributed by atoms with Gasteiger partial charge in [0, 0.05) is 43.3 Å². The monoisotopic (exact) mass is 530 g/mol. The van der Waals surface area contributed by atoms with E-state index in [1.165, 1.54) is 0 Å². The van der Waals surface area contributed by atoms with Crippen LogP contribution in [0.25, 0.3) is 0 Å². The van der Waals surface area contributed by atoms with E-state index in [1.807, 2.05) is 12.1 Å². The molecule has 2 aromatic rings. The Morgan fingerprint density at radius 1 is 1.24 bits per heavy atom. The van der Waals surface area contributed by atoms with E-state index in [0.717, 1.165) is 24.5 Å². The third kappa shape index (κ3) is 4.74. The molecule has 2 aliphatic carbocycles. The molecule has 202 valence electrons. The van der Waals surface area contributed by atoms with Crippen molar-refractivity contribution in [2.45, 2.75) is 49.9 Å². The summed E-state index contributed by atoms with van der Waals surface area (Å²) in [5.74, 6) is -0.931. The number of nitrogens with one attached hydrogen (secondary N) is 1. The molecule has 0 spiro atoms. The van der Waals surface area contributed by atoms with Crippen LogP contribution >= 0.6 is 0 Å². The average molecular weight is 531 g/mol. The molecule has 2 N–H and O–H groups in total. The Hall–Kier alpha value is -3.16. The highest BCUT2D eigenvalue weighted by Gasteiger charge is 2.69. The summed E-state index contributed by atoms with van der Waals surface area (Å²) in [4.78, 5) is 17.3. The number of carbonyl (C=O) groups is 1. The second-order valence-corrected chi connectivity index (χ2v) is 10.7. The fourth-order valence-electron chi connectivity index (χ4n) is 6.81. The molecule has 0 unspecified atom stereocenters. The van der Waals surface area contributed by atoms with E-state index < -0.39 is 29.7 Å². The minimum Gasteiger partial charge on any atom is -0.392 e. The number of benzene rings is 2. The molecule has 3 aliphatic rings. The molecule has 3 fully saturated rings. The van der Waals surface area contributed by atoms with Crippen LogP contribution in [0.2, 0.25) is 0 Å². The predicted molar refractivity (Wildman–Crippen MR) is 133 cm³/mol. The average Bonchev–Trinajstić information content (AvgIpc) is 3.17. The van der Waals surface area contributed by atoms with Crippen molar-refractivity contribution in [3.05, 3.63) is 65.0 Å². The maximum atomic E-state index is 13.8. The first-order chi connectivity index (χ1) is 18.0. The molecule has 5 atom stereocenters. The number of urea groups is 1. The Morgan fingerprint density at radius 2 is 1.97 bits per heavy atom. The number of β-amino-alcohol motifs (C(OH)–C–C–N with tert-alkyl or cyclic N) is 1. The van der Waals surface area contributed by atoms with E-state index >= 15 is 0 Å². The van der Waals surface area contributed by atoms with E-state index in [2.05, 4.69) is 23.2 Å². The number of rotatable bonds is 6. The van der Waals surface area contributed by atoms with Gasteiger partial charge in [-0.1, -0.05) is 19.1 Å². The number of amides is 2. The van der Waals surface area contributed by atoms with E-state index in [0.29, 0.717) is 56.2 Å². The van der Waals surface area contributed by atoms with Gasteiger partial charge in [0.15, 0.2) is 0 Å². The van der Waals surface area contributed by atoms with Crippen molar-refractivity contribution in [3.8, 4) is 6.07 Å². The summed E-state index contributed by atoms with van der Waals surface area (Å²) in [7, 11) is 0. The number of aliphatic hydroxyl groups is 1. The molecule has 0 bridgehead atoms. The van der Waals surface area contributed by atoms with Crippen LogP contribution in [0, 0.1) is 29.0 Å². The second kappa shape index (κ2) is 9.86. The van der Waals surface area contributed by atoms with Gasteiger partial charge in [-0.05, 0) is 67.0 Å².